The monoisotopic (exact) mass is 454 g/mol. The first kappa shape index (κ1) is 21.2. The number of piperidine rings is 1. The van der Waals surface area contributed by atoms with E-state index in [1.165, 1.54) is 4.90 Å². The van der Waals surface area contributed by atoms with Gasteiger partial charge in [-0.3, -0.25) is 14.5 Å². The lowest BCUT2D eigenvalue weighted by Gasteiger charge is -2.40. The van der Waals surface area contributed by atoms with Crippen molar-refractivity contribution in [3.05, 3.63) is 54.1 Å². The summed E-state index contributed by atoms with van der Waals surface area (Å²) >= 11 is 0. The van der Waals surface area contributed by atoms with Gasteiger partial charge in [0.25, 0.3) is 0 Å². The number of hydrogen-bond acceptors (Lipinski definition) is 5. The molecule has 2 unspecified atom stereocenters. The number of sulfonamides is 1. The summed E-state index contributed by atoms with van der Waals surface area (Å²) < 4.78 is 34.4. The molecule has 0 spiro atoms. The molecule has 2 aromatic carbocycles. The highest BCUT2D eigenvalue weighted by molar-refractivity contribution is 7.89. The summed E-state index contributed by atoms with van der Waals surface area (Å²) in [6.07, 6.45) is 3.08. The van der Waals surface area contributed by atoms with Gasteiger partial charge < -0.3 is 4.74 Å². The molecule has 3 aliphatic rings. The fraction of sp³-hybridized carbons (Fsp3) is 0.417. The molecule has 2 atom stereocenters. The fourth-order valence-corrected chi connectivity index (χ4v) is 7.20. The van der Waals surface area contributed by atoms with Crippen molar-refractivity contribution in [1.29, 1.82) is 0 Å². The lowest BCUT2D eigenvalue weighted by Crippen LogP contribution is -2.53. The largest absolute Gasteiger partial charge is 0.457 e. The lowest BCUT2D eigenvalue weighted by atomic mass is 9.98. The Hall–Kier alpha value is -2.71. The van der Waals surface area contributed by atoms with E-state index in [4.69, 9.17) is 4.74 Å². The molecule has 2 aromatic rings. The number of ether oxygens (including phenoxy) is 1. The Morgan fingerprint density at radius 2 is 1.44 bits per heavy atom. The van der Waals surface area contributed by atoms with E-state index in [1.807, 2.05) is 31.2 Å². The molecule has 8 heteroatoms. The number of amides is 2. The topological polar surface area (TPSA) is 84.0 Å². The zero-order valence-electron chi connectivity index (χ0n) is 17.9. The Kier molecular flexibility index (Phi) is 5.29. The molecule has 2 bridgehead atoms. The molecule has 3 heterocycles. The number of nitrogens with zero attached hydrogens (tertiary/aromatic N) is 2. The van der Waals surface area contributed by atoms with E-state index in [1.54, 1.807) is 28.6 Å². The minimum Gasteiger partial charge on any atom is -0.457 e. The molecule has 7 nitrogen and oxygen atoms in total. The smallest absolute Gasteiger partial charge is 0.243 e. The minimum atomic E-state index is -3.68. The average Bonchev–Trinajstić information content (AvgIpc) is 3.26. The molecule has 0 aliphatic carbocycles. The van der Waals surface area contributed by atoms with E-state index in [0.717, 1.165) is 24.2 Å². The second kappa shape index (κ2) is 8.01. The number of hydrogen-bond donors (Lipinski definition) is 0. The number of benzene rings is 2. The number of carbonyl (C=O) groups is 2. The van der Waals surface area contributed by atoms with Gasteiger partial charge in [-0.15, -0.1) is 0 Å². The zero-order chi connectivity index (χ0) is 22.5. The summed E-state index contributed by atoms with van der Waals surface area (Å²) in [5.74, 6) is 1.06. The molecule has 0 N–H and O–H groups in total. The van der Waals surface area contributed by atoms with Gasteiger partial charge >= 0.3 is 0 Å². The quantitative estimate of drug-likeness (QED) is 0.645. The van der Waals surface area contributed by atoms with Gasteiger partial charge in [0.15, 0.2) is 0 Å². The molecule has 0 saturated carbocycles. The van der Waals surface area contributed by atoms with E-state index in [9.17, 15) is 18.0 Å². The number of aryl methyl sites for hydroxylation is 1. The van der Waals surface area contributed by atoms with Crippen LogP contribution in [0.1, 0.15) is 44.1 Å². The van der Waals surface area contributed by atoms with Crippen molar-refractivity contribution in [2.45, 2.75) is 68.5 Å². The van der Waals surface area contributed by atoms with Gasteiger partial charge in [-0.2, -0.15) is 4.31 Å². The minimum absolute atomic E-state index is 0.125. The van der Waals surface area contributed by atoms with Crippen molar-refractivity contribution in [1.82, 2.24) is 9.21 Å². The van der Waals surface area contributed by atoms with E-state index in [2.05, 4.69) is 0 Å². The van der Waals surface area contributed by atoms with Crippen molar-refractivity contribution < 1.29 is 22.7 Å². The van der Waals surface area contributed by atoms with Crippen LogP contribution >= 0.6 is 0 Å². The van der Waals surface area contributed by atoms with Crippen LogP contribution in [0.2, 0.25) is 0 Å². The molecular weight excluding hydrogens is 428 g/mol. The van der Waals surface area contributed by atoms with Crippen LogP contribution in [0, 0.1) is 6.92 Å². The van der Waals surface area contributed by atoms with Crippen molar-refractivity contribution >= 4 is 21.8 Å². The van der Waals surface area contributed by atoms with E-state index >= 15 is 0 Å². The third kappa shape index (κ3) is 3.61. The number of carbonyl (C=O) groups excluding carboxylic acids is 2. The highest BCUT2D eigenvalue weighted by Crippen LogP contribution is 2.42. The van der Waals surface area contributed by atoms with Crippen molar-refractivity contribution in [2.24, 2.45) is 0 Å². The Morgan fingerprint density at radius 3 is 2.03 bits per heavy atom. The molecule has 0 radical (unpaired) electrons. The number of fused-ring (bicyclic) bond motifs is 2. The van der Waals surface area contributed by atoms with Gasteiger partial charge in [-0.25, -0.2) is 8.42 Å². The SMILES string of the molecule is Cc1ccccc1Oc1ccc(S(=O)(=O)N2C3CCC2CC(N2C(=O)CCC2=O)C3)cc1. The maximum absolute atomic E-state index is 13.5. The Labute approximate surface area is 188 Å². The standard InChI is InChI=1S/C24H26N2O5S/c1-16-4-2-3-5-22(16)31-20-8-10-21(11-9-20)32(29,30)26-17-6-7-18(26)15-19(14-17)25-23(27)12-13-24(25)28/h2-5,8-11,17-19H,6-7,12-15H2,1H3. The number of likely N-dealkylation sites (tertiary alicyclic amines) is 1. The predicted octanol–water partition coefficient (Wildman–Crippen LogP) is 3.62. The summed E-state index contributed by atoms with van der Waals surface area (Å²) in [4.78, 5) is 26.0. The molecule has 0 aromatic heterocycles. The second-order valence-corrected chi connectivity index (χ2v) is 10.7. The van der Waals surface area contributed by atoms with E-state index in [-0.39, 0.29) is 47.7 Å². The van der Waals surface area contributed by atoms with Gasteiger partial charge in [0.2, 0.25) is 21.8 Å². The van der Waals surface area contributed by atoms with Gasteiger partial charge in [-0.05, 0) is 68.5 Å². The van der Waals surface area contributed by atoms with E-state index < -0.39 is 10.0 Å². The van der Waals surface area contributed by atoms with Crippen LogP contribution in [0.4, 0.5) is 0 Å². The molecule has 3 fully saturated rings. The highest BCUT2D eigenvalue weighted by Gasteiger charge is 2.50. The maximum Gasteiger partial charge on any atom is 0.243 e. The van der Waals surface area contributed by atoms with Crippen LogP contribution in [0.15, 0.2) is 53.4 Å². The second-order valence-electron chi connectivity index (χ2n) is 8.84. The Morgan fingerprint density at radius 1 is 0.844 bits per heavy atom. The van der Waals surface area contributed by atoms with Crippen molar-refractivity contribution in [3.8, 4) is 11.5 Å². The third-order valence-corrected chi connectivity index (χ3v) is 8.84. The van der Waals surface area contributed by atoms with Crippen LogP contribution in [0.3, 0.4) is 0 Å². The van der Waals surface area contributed by atoms with Crippen LogP contribution in [-0.4, -0.2) is 47.6 Å². The zero-order valence-corrected chi connectivity index (χ0v) is 18.8. The first-order chi connectivity index (χ1) is 15.3. The number of imide groups is 1. The summed E-state index contributed by atoms with van der Waals surface area (Å²) in [7, 11) is -3.68. The first-order valence-electron chi connectivity index (χ1n) is 11.1. The van der Waals surface area contributed by atoms with Crippen LogP contribution < -0.4 is 4.74 Å². The van der Waals surface area contributed by atoms with Crippen LogP contribution in [-0.2, 0) is 19.6 Å². The maximum atomic E-state index is 13.5. The van der Waals surface area contributed by atoms with Crippen molar-refractivity contribution in [2.75, 3.05) is 0 Å². The van der Waals surface area contributed by atoms with Gasteiger partial charge in [-0.1, -0.05) is 18.2 Å². The van der Waals surface area contributed by atoms with Gasteiger partial charge in [0.1, 0.15) is 11.5 Å². The van der Waals surface area contributed by atoms with Crippen LogP contribution in [0.25, 0.3) is 0 Å². The van der Waals surface area contributed by atoms with Crippen molar-refractivity contribution in [3.63, 3.8) is 0 Å². The summed E-state index contributed by atoms with van der Waals surface area (Å²) in [5, 5.41) is 0. The normalized spacial score (nSPS) is 26.0. The molecule has 32 heavy (non-hydrogen) atoms. The summed E-state index contributed by atoms with van der Waals surface area (Å²) in [6, 6.07) is 13.6. The summed E-state index contributed by atoms with van der Waals surface area (Å²) in [6.45, 7) is 1.96. The molecule has 3 aliphatic heterocycles. The molecule has 3 saturated heterocycles. The first-order valence-corrected chi connectivity index (χ1v) is 12.5. The summed E-state index contributed by atoms with van der Waals surface area (Å²) in [5.41, 5.74) is 0.999. The molecule has 2 amide bonds. The predicted molar refractivity (Wildman–Crippen MR) is 118 cm³/mol. The molecule has 168 valence electrons. The van der Waals surface area contributed by atoms with Gasteiger partial charge in [0.05, 0.1) is 4.90 Å². The average molecular weight is 455 g/mol. The Balaban J connectivity index is 1.33. The number of para-hydroxylation sites is 1. The van der Waals surface area contributed by atoms with Gasteiger partial charge in [0, 0.05) is 31.0 Å². The Bertz CT molecular complexity index is 1130. The van der Waals surface area contributed by atoms with E-state index in [0.29, 0.717) is 18.6 Å². The van der Waals surface area contributed by atoms with Crippen LogP contribution in [0.5, 0.6) is 11.5 Å². The highest BCUT2D eigenvalue weighted by atomic mass is 32.2. The third-order valence-electron chi connectivity index (χ3n) is 6.82. The fourth-order valence-electron chi connectivity index (χ4n) is 5.31. The number of rotatable bonds is 5. The molecular formula is C24H26N2O5S. The molecule has 5 rings (SSSR count). The lowest BCUT2D eigenvalue weighted by molar-refractivity contribution is -0.142.